The third-order valence-corrected chi connectivity index (χ3v) is 5.31. The number of amides is 1. The molecule has 1 aliphatic rings. The van der Waals surface area contributed by atoms with E-state index in [1.165, 1.54) is 7.05 Å². The monoisotopic (exact) mass is 427 g/mol. The van der Waals surface area contributed by atoms with E-state index in [4.69, 9.17) is 0 Å². The number of carbonyl (C=O) groups is 1. The van der Waals surface area contributed by atoms with Crippen LogP contribution in [-0.4, -0.2) is 68.8 Å². The van der Waals surface area contributed by atoms with Crippen molar-refractivity contribution in [2.45, 2.75) is 13.5 Å². The van der Waals surface area contributed by atoms with Gasteiger partial charge in [-0.05, 0) is 19.1 Å². The molecule has 0 spiro atoms. The summed E-state index contributed by atoms with van der Waals surface area (Å²) < 4.78 is 16.3. The zero-order chi connectivity index (χ0) is 22.0. The van der Waals surface area contributed by atoms with Crippen LogP contribution in [0.25, 0.3) is 0 Å². The second-order valence-electron chi connectivity index (χ2n) is 7.53. The zero-order valence-electron chi connectivity index (χ0n) is 17.8. The summed E-state index contributed by atoms with van der Waals surface area (Å²) in [5.41, 5.74) is 2.55. The normalized spacial score (nSPS) is 14.6. The van der Waals surface area contributed by atoms with Crippen LogP contribution in [0.15, 0.2) is 24.4 Å². The van der Waals surface area contributed by atoms with Crippen LogP contribution in [0.3, 0.4) is 0 Å². The molecule has 0 aromatic carbocycles. The Balaban J connectivity index is 1.35. The number of halogens is 1. The number of anilines is 3. The van der Waals surface area contributed by atoms with E-state index in [0.29, 0.717) is 24.7 Å². The lowest BCUT2D eigenvalue weighted by molar-refractivity contribution is 0.0957. The summed E-state index contributed by atoms with van der Waals surface area (Å²) in [6.07, 6.45) is 1.76. The molecule has 0 radical (unpaired) electrons. The van der Waals surface area contributed by atoms with Crippen LogP contribution in [0.1, 0.15) is 21.9 Å². The number of carbonyl (C=O) groups excluding carboxylic acids is 1. The molecule has 3 aromatic rings. The van der Waals surface area contributed by atoms with Gasteiger partial charge in [0.05, 0.1) is 11.4 Å². The van der Waals surface area contributed by atoms with E-state index < -0.39 is 11.9 Å². The van der Waals surface area contributed by atoms with Crippen molar-refractivity contribution >= 4 is 23.4 Å². The molecule has 0 unspecified atom stereocenters. The fraction of sp³-hybridized carbons (Fsp3) is 0.400. The molecule has 3 aromatic heterocycles. The summed E-state index contributed by atoms with van der Waals surface area (Å²) in [6.45, 7) is 5.59. The minimum Gasteiger partial charge on any atom is -0.365 e. The Morgan fingerprint density at radius 2 is 2.03 bits per heavy atom. The average Bonchev–Trinajstić information content (AvgIpc) is 3.32. The van der Waals surface area contributed by atoms with Gasteiger partial charge in [0.15, 0.2) is 5.82 Å². The Bertz CT molecular complexity index is 1070. The van der Waals surface area contributed by atoms with Gasteiger partial charge in [-0.15, -0.1) is 0 Å². The predicted octanol–water partition coefficient (Wildman–Crippen LogP) is 1.41. The summed E-state index contributed by atoms with van der Waals surface area (Å²) in [7, 11) is 3.41. The quantitative estimate of drug-likeness (QED) is 0.511. The smallest absolute Gasteiger partial charge is 0.269 e. The molecule has 0 bridgehead atoms. The molecule has 0 aliphatic carbocycles. The van der Waals surface area contributed by atoms with Crippen LogP contribution in [0.5, 0.6) is 0 Å². The van der Waals surface area contributed by atoms with Gasteiger partial charge in [0, 0.05) is 64.8 Å². The number of nitrogens with zero attached hydrogens (tertiary/aromatic N) is 6. The molecule has 0 saturated carbocycles. The number of hydrogen-bond donors (Lipinski definition) is 3. The van der Waals surface area contributed by atoms with Crippen molar-refractivity contribution in [3.8, 4) is 0 Å². The molecule has 11 heteroatoms. The van der Waals surface area contributed by atoms with E-state index >= 15 is 0 Å². The van der Waals surface area contributed by atoms with Crippen molar-refractivity contribution in [2.24, 2.45) is 7.05 Å². The second-order valence-corrected chi connectivity index (χ2v) is 7.53. The maximum absolute atomic E-state index is 14.4. The van der Waals surface area contributed by atoms with Gasteiger partial charge >= 0.3 is 0 Å². The SMILES string of the molecule is CNC(=O)c1ccc(N2CCN(Cc3cc(Nc4ncc(C)[nH]4)nn3C)CC2)c(F)n1. The van der Waals surface area contributed by atoms with Crippen LogP contribution in [0.2, 0.25) is 0 Å². The Hall–Kier alpha value is -3.47. The highest BCUT2D eigenvalue weighted by molar-refractivity contribution is 5.92. The van der Waals surface area contributed by atoms with E-state index in [9.17, 15) is 9.18 Å². The molecule has 1 aliphatic heterocycles. The lowest BCUT2D eigenvalue weighted by Crippen LogP contribution is -2.46. The molecule has 1 amide bonds. The van der Waals surface area contributed by atoms with Crippen molar-refractivity contribution in [1.29, 1.82) is 0 Å². The molecule has 0 atom stereocenters. The summed E-state index contributed by atoms with van der Waals surface area (Å²) in [5, 5.41) is 10.1. The number of imidazole rings is 1. The number of rotatable bonds is 6. The van der Waals surface area contributed by atoms with Gasteiger partial charge in [0.1, 0.15) is 5.69 Å². The minimum absolute atomic E-state index is 0.0766. The lowest BCUT2D eigenvalue weighted by Gasteiger charge is -2.35. The zero-order valence-corrected chi connectivity index (χ0v) is 17.8. The number of pyridine rings is 1. The van der Waals surface area contributed by atoms with E-state index in [0.717, 1.165) is 36.8 Å². The number of H-pyrrole nitrogens is 1. The van der Waals surface area contributed by atoms with Crippen molar-refractivity contribution in [2.75, 3.05) is 43.4 Å². The van der Waals surface area contributed by atoms with E-state index in [1.807, 2.05) is 29.6 Å². The first kappa shape index (κ1) is 20.8. The van der Waals surface area contributed by atoms with Gasteiger partial charge in [-0.25, -0.2) is 9.97 Å². The van der Waals surface area contributed by atoms with Crippen LogP contribution < -0.4 is 15.5 Å². The standard InChI is InChI=1S/C20H26FN9O/c1-13-11-23-20(24-13)26-17-10-14(28(3)27-17)12-29-6-8-30(9-7-29)16-5-4-15(19(31)22-2)25-18(16)21/h4-5,10-11H,6-9,12H2,1-3H3,(H,22,31)(H2,23,24,26,27). The highest BCUT2D eigenvalue weighted by Crippen LogP contribution is 2.21. The number of piperazine rings is 1. The Labute approximate surface area is 179 Å². The molecule has 10 nitrogen and oxygen atoms in total. The molecular formula is C20H26FN9O. The van der Waals surface area contributed by atoms with E-state index in [-0.39, 0.29) is 5.69 Å². The largest absolute Gasteiger partial charge is 0.365 e. The van der Waals surface area contributed by atoms with Gasteiger partial charge in [-0.3, -0.25) is 14.4 Å². The maximum atomic E-state index is 14.4. The molecule has 4 rings (SSSR count). The van der Waals surface area contributed by atoms with Crippen LogP contribution in [-0.2, 0) is 13.6 Å². The molecule has 164 valence electrons. The highest BCUT2D eigenvalue weighted by atomic mass is 19.1. The van der Waals surface area contributed by atoms with Gasteiger partial charge in [0.2, 0.25) is 11.9 Å². The van der Waals surface area contributed by atoms with Crippen LogP contribution in [0.4, 0.5) is 21.8 Å². The fourth-order valence-electron chi connectivity index (χ4n) is 3.61. The molecule has 1 fully saturated rings. The first-order valence-corrected chi connectivity index (χ1v) is 10.1. The number of nitrogens with one attached hydrogen (secondary N) is 3. The molecule has 4 heterocycles. The van der Waals surface area contributed by atoms with E-state index in [1.54, 1.807) is 18.3 Å². The molecule has 1 saturated heterocycles. The summed E-state index contributed by atoms with van der Waals surface area (Å²) >= 11 is 0. The van der Waals surface area contributed by atoms with Gasteiger partial charge in [-0.1, -0.05) is 0 Å². The minimum atomic E-state index is -0.620. The molecule has 31 heavy (non-hydrogen) atoms. The number of hydrogen-bond acceptors (Lipinski definition) is 7. The Morgan fingerprint density at radius 1 is 1.26 bits per heavy atom. The molecule has 3 N–H and O–H groups in total. The van der Waals surface area contributed by atoms with Crippen molar-refractivity contribution in [3.63, 3.8) is 0 Å². The average molecular weight is 427 g/mol. The summed E-state index contributed by atoms with van der Waals surface area (Å²) in [5.74, 6) is 0.372. The van der Waals surface area contributed by atoms with Gasteiger partial charge in [-0.2, -0.15) is 9.49 Å². The van der Waals surface area contributed by atoms with Gasteiger partial charge < -0.3 is 20.5 Å². The second kappa shape index (κ2) is 8.72. The Morgan fingerprint density at radius 3 is 2.68 bits per heavy atom. The van der Waals surface area contributed by atoms with Crippen LogP contribution in [0, 0.1) is 12.9 Å². The van der Waals surface area contributed by atoms with Gasteiger partial charge in [0.25, 0.3) is 5.91 Å². The summed E-state index contributed by atoms with van der Waals surface area (Å²) in [4.78, 5) is 27.1. The number of aryl methyl sites for hydroxylation is 2. The van der Waals surface area contributed by atoms with E-state index in [2.05, 4.69) is 35.6 Å². The summed E-state index contributed by atoms with van der Waals surface area (Å²) in [6, 6.07) is 5.18. The molecular weight excluding hydrogens is 401 g/mol. The number of aromatic nitrogens is 5. The third kappa shape index (κ3) is 4.66. The van der Waals surface area contributed by atoms with Crippen molar-refractivity contribution in [3.05, 3.63) is 47.4 Å². The Kier molecular flexibility index (Phi) is 5.85. The lowest BCUT2D eigenvalue weighted by atomic mass is 10.2. The fourth-order valence-corrected chi connectivity index (χ4v) is 3.61. The predicted molar refractivity (Wildman–Crippen MR) is 115 cm³/mol. The first-order valence-electron chi connectivity index (χ1n) is 10.1. The van der Waals surface area contributed by atoms with Crippen molar-refractivity contribution in [1.82, 2.24) is 34.9 Å². The topological polar surface area (TPSA) is 107 Å². The van der Waals surface area contributed by atoms with Crippen LogP contribution >= 0.6 is 0 Å². The van der Waals surface area contributed by atoms with Crippen molar-refractivity contribution < 1.29 is 9.18 Å². The highest BCUT2D eigenvalue weighted by Gasteiger charge is 2.22. The first-order chi connectivity index (χ1) is 14.9. The third-order valence-electron chi connectivity index (χ3n) is 5.31. The maximum Gasteiger partial charge on any atom is 0.269 e. The number of aromatic amines is 1.